The van der Waals surface area contributed by atoms with Crippen molar-refractivity contribution in [3.05, 3.63) is 53.0 Å². The fourth-order valence-electron chi connectivity index (χ4n) is 2.53. The Labute approximate surface area is 143 Å². The molecule has 1 aliphatic heterocycles. The number of halogens is 1. The summed E-state index contributed by atoms with van der Waals surface area (Å²) in [5.41, 5.74) is 1.14. The van der Waals surface area contributed by atoms with Crippen LogP contribution >= 0.6 is 15.9 Å². The Kier molecular flexibility index (Phi) is 4.41. The van der Waals surface area contributed by atoms with Crippen molar-refractivity contribution in [2.24, 2.45) is 0 Å². The summed E-state index contributed by atoms with van der Waals surface area (Å²) < 4.78 is 28.1. The number of hydrogen-bond donors (Lipinski definition) is 1. The van der Waals surface area contributed by atoms with Gasteiger partial charge in [0.15, 0.2) is 0 Å². The van der Waals surface area contributed by atoms with E-state index >= 15 is 0 Å². The van der Waals surface area contributed by atoms with Gasteiger partial charge in [-0.3, -0.25) is 9.52 Å². The minimum Gasteiger partial charge on any atom is -0.312 e. The number of amides is 1. The van der Waals surface area contributed by atoms with Crippen LogP contribution in [-0.4, -0.2) is 20.9 Å². The maximum atomic E-state index is 12.5. The van der Waals surface area contributed by atoms with E-state index in [1.54, 1.807) is 47.4 Å². The van der Waals surface area contributed by atoms with Crippen LogP contribution in [0.15, 0.2) is 57.9 Å². The van der Waals surface area contributed by atoms with Crippen LogP contribution in [0.5, 0.6) is 0 Å². The van der Waals surface area contributed by atoms with Crippen LogP contribution < -0.4 is 9.62 Å². The number of nitrogens with one attached hydrogen (secondary N) is 1. The highest BCUT2D eigenvalue weighted by Crippen LogP contribution is 2.27. The topological polar surface area (TPSA) is 66.5 Å². The third-order valence-corrected chi connectivity index (χ3v) is 6.00. The van der Waals surface area contributed by atoms with E-state index < -0.39 is 10.0 Å². The van der Waals surface area contributed by atoms with Gasteiger partial charge in [-0.1, -0.05) is 18.2 Å². The van der Waals surface area contributed by atoms with Crippen LogP contribution in [0.3, 0.4) is 0 Å². The van der Waals surface area contributed by atoms with Crippen molar-refractivity contribution in [2.75, 3.05) is 16.2 Å². The van der Waals surface area contributed by atoms with E-state index in [0.29, 0.717) is 28.8 Å². The molecule has 1 amide bonds. The average molecular weight is 395 g/mol. The van der Waals surface area contributed by atoms with E-state index in [0.717, 1.165) is 6.42 Å². The van der Waals surface area contributed by atoms with Crippen molar-refractivity contribution in [2.45, 2.75) is 17.7 Å². The number of anilines is 2. The van der Waals surface area contributed by atoms with Crippen molar-refractivity contribution < 1.29 is 13.2 Å². The summed E-state index contributed by atoms with van der Waals surface area (Å²) in [6.45, 7) is 0.666. The quantitative estimate of drug-likeness (QED) is 0.863. The highest BCUT2D eigenvalue weighted by Gasteiger charge is 2.22. The maximum absolute atomic E-state index is 12.5. The van der Waals surface area contributed by atoms with E-state index in [4.69, 9.17) is 0 Å². The first kappa shape index (κ1) is 16.0. The number of sulfonamides is 1. The number of nitrogens with zero attached hydrogens (tertiary/aromatic N) is 1. The van der Waals surface area contributed by atoms with Crippen molar-refractivity contribution >= 4 is 43.2 Å². The summed E-state index contributed by atoms with van der Waals surface area (Å²) in [4.78, 5) is 13.7. The summed E-state index contributed by atoms with van der Waals surface area (Å²) in [7, 11) is -3.70. The number of carbonyl (C=O) groups excluding carboxylic acids is 1. The number of benzene rings is 2. The van der Waals surface area contributed by atoms with Gasteiger partial charge in [0.25, 0.3) is 10.0 Å². The van der Waals surface area contributed by atoms with Crippen LogP contribution in [0.2, 0.25) is 0 Å². The molecule has 1 heterocycles. The van der Waals surface area contributed by atoms with Crippen molar-refractivity contribution in [3.63, 3.8) is 0 Å². The zero-order chi connectivity index (χ0) is 16.4. The van der Waals surface area contributed by atoms with E-state index in [9.17, 15) is 13.2 Å². The minimum atomic E-state index is -3.70. The number of carbonyl (C=O) groups is 1. The molecule has 5 nitrogen and oxygen atoms in total. The first-order valence-electron chi connectivity index (χ1n) is 7.15. The highest BCUT2D eigenvalue weighted by atomic mass is 79.9. The molecule has 1 aliphatic rings. The van der Waals surface area contributed by atoms with Gasteiger partial charge in [0.05, 0.1) is 5.69 Å². The van der Waals surface area contributed by atoms with Crippen LogP contribution in [0, 0.1) is 0 Å². The molecule has 0 spiro atoms. The monoisotopic (exact) mass is 394 g/mol. The average Bonchev–Trinajstić information content (AvgIpc) is 2.93. The van der Waals surface area contributed by atoms with Gasteiger partial charge in [0.1, 0.15) is 4.90 Å². The molecule has 120 valence electrons. The highest BCUT2D eigenvalue weighted by molar-refractivity contribution is 9.10. The molecule has 1 N–H and O–H groups in total. The molecule has 2 aromatic carbocycles. The summed E-state index contributed by atoms with van der Waals surface area (Å²) in [6, 6.07) is 13.5. The van der Waals surface area contributed by atoms with E-state index in [-0.39, 0.29) is 10.8 Å². The molecule has 3 rings (SSSR count). The van der Waals surface area contributed by atoms with Gasteiger partial charge in [0, 0.05) is 23.1 Å². The molecule has 0 atom stereocenters. The SMILES string of the molecule is O=C1CCCN1c1cccc(NS(=O)(=O)c2ccccc2Br)c1. The lowest BCUT2D eigenvalue weighted by atomic mass is 10.2. The van der Waals surface area contributed by atoms with Crippen molar-refractivity contribution in [3.8, 4) is 0 Å². The van der Waals surface area contributed by atoms with E-state index in [1.807, 2.05) is 0 Å². The second kappa shape index (κ2) is 6.33. The molecule has 0 unspecified atom stereocenters. The van der Waals surface area contributed by atoms with Gasteiger partial charge in [-0.25, -0.2) is 8.42 Å². The Morgan fingerprint density at radius 3 is 2.57 bits per heavy atom. The van der Waals surface area contributed by atoms with Gasteiger partial charge >= 0.3 is 0 Å². The minimum absolute atomic E-state index is 0.0656. The molecule has 0 aromatic heterocycles. The normalized spacial score (nSPS) is 15.0. The van der Waals surface area contributed by atoms with Crippen LogP contribution in [0.4, 0.5) is 11.4 Å². The molecule has 0 saturated carbocycles. The predicted molar refractivity (Wildman–Crippen MR) is 93.0 cm³/mol. The maximum Gasteiger partial charge on any atom is 0.263 e. The van der Waals surface area contributed by atoms with Gasteiger partial charge in [0.2, 0.25) is 5.91 Å². The zero-order valence-corrected chi connectivity index (χ0v) is 14.6. The molecule has 23 heavy (non-hydrogen) atoms. The summed E-state index contributed by atoms with van der Waals surface area (Å²) in [5, 5.41) is 0. The summed E-state index contributed by atoms with van der Waals surface area (Å²) in [5.74, 6) is 0.0656. The smallest absolute Gasteiger partial charge is 0.263 e. The Hall–Kier alpha value is -1.86. The first-order chi connectivity index (χ1) is 11.0. The lowest BCUT2D eigenvalue weighted by molar-refractivity contribution is -0.117. The Morgan fingerprint density at radius 2 is 1.87 bits per heavy atom. The summed E-state index contributed by atoms with van der Waals surface area (Å²) in [6.07, 6.45) is 1.36. The lowest BCUT2D eigenvalue weighted by Crippen LogP contribution is -2.23. The third kappa shape index (κ3) is 3.40. The number of rotatable bonds is 4. The van der Waals surface area contributed by atoms with Gasteiger partial charge < -0.3 is 4.90 Å². The van der Waals surface area contributed by atoms with Crippen LogP contribution in [0.25, 0.3) is 0 Å². The molecule has 0 bridgehead atoms. The Bertz CT molecular complexity index is 852. The summed E-state index contributed by atoms with van der Waals surface area (Å²) >= 11 is 3.25. The van der Waals surface area contributed by atoms with Gasteiger partial charge in [-0.05, 0) is 52.7 Å². The van der Waals surface area contributed by atoms with Gasteiger partial charge in [-0.15, -0.1) is 0 Å². The second-order valence-corrected chi connectivity index (χ2v) is 7.74. The largest absolute Gasteiger partial charge is 0.312 e. The molecule has 0 aliphatic carbocycles. The van der Waals surface area contributed by atoms with E-state index in [1.165, 1.54) is 6.07 Å². The molecule has 1 fully saturated rings. The van der Waals surface area contributed by atoms with Crippen LogP contribution in [-0.2, 0) is 14.8 Å². The lowest BCUT2D eigenvalue weighted by Gasteiger charge is -2.17. The van der Waals surface area contributed by atoms with Crippen molar-refractivity contribution in [1.29, 1.82) is 0 Å². The third-order valence-electron chi connectivity index (χ3n) is 3.61. The van der Waals surface area contributed by atoms with E-state index in [2.05, 4.69) is 20.7 Å². The predicted octanol–water partition coefficient (Wildman–Crippen LogP) is 3.38. The number of hydrogen-bond acceptors (Lipinski definition) is 3. The first-order valence-corrected chi connectivity index (χ1v) is 9.43. The van der Waals surface area contributed by atoms with Crippen LogP contribution in [0.1, 0.15) is 12.8 Å². The Balaban J connectivity index is 1.89. The molecular formula is C16H15BrN2O3S. The zero-order valence-electron chi connectivity index (χ0n) is 12.2. The Morgan fingerprint density at radius 1 is 1.09 bits per heavy atom. The fraction of sp³-hybridized carbons (Fsp3) is 0.188. The standard InChI is InChI=1S/C16H15BrN2O3S/c17-14-7-1-2-8-15(14)23(21,22)18-12-5-3-6-13(11-12)19-10-4-9-16(19)20/h1-3,5-8,11,18H,4,9-10H2. The second-order valence-electron chi connectivity index (χ2n) is 5.24. The molecule has 1 saturated heterocycles. The molecule has 0 radical (unpaired) electrons. The molecule has 7 heteroatoms. The van der Waals surface area contributed by atoms with Gasteiger partial charge in [-0.2, -0.15) is 0 Å². The molecule has 2 aromatic rings. The molecular weight excluding hydrogens is 380 g/mol. The fourth-order valence-corrected chi connectivity index (χ4v) is 4.59. The van der Waals surface area contributed by atoms with Crippen molar-refractivity contribution in [1.82, 2.24) is 0 Å².